The van der Waals surface area contributed by atoms with Crippen molar-refractivity contribution in [3.05, 3.63) is 0 Å². The molecule has 3 N–H and O–H groups in total. The highest BCUT2D eigenvalue weighted by atomic mass is 16.5. The standard InChI is InChI=1S/C9H16N2O4/c12-4-6-15-5-3-10-8(13)9(14)11-7-1-2-7/h7,12H,1-6H2,(H,10,13)(H,11,14). The Bertz CT molecular complexity index is 228. The molecule has 0 aromatic rings. The van der Waals surface area contributed by atoms with E-state index in [4.69, 9.17) is 9.84 Å². The van der Waals surface area contributed by atoms with Crippen molar-refractivity contribution in [2.75, 3.05) is 26.4 Å². The lowest BCUT2D eigenvalue weighted by Crippen LogP contribution is -2.41. The molecular weight excluding hydrogens is 200 g/mol. The molecule has 0 bridgehead atoms. The van der Waals surface area contributed by atoms with E-state index < -0.39 is 11.8 Å². The lowest BCUT2D eigenvalue weighted by Gasteiger charge is -2.05. The van der Waals surface area contributed by atoms with Gasteiger partial charge in [0.25, 0.3) is 0 Å². The van der Waals surface area contributed by atoms with Gasteiger partial charge >= 0.3 is 11.8 Å². The summed E-state index contributed by atoms with van der Waals surface area (Å²) in [7, 11) is 0. The van der Waals surface area contributed by atoms with Crippen LogP contribution in [0, 0.1) is 0 Å². The fourth-order valence-corrected chi connectivity index (χ4v) is 0.962. The Morgan fingerprint density at radius 3 is 2.60 bits per heavy atom. The third-order valence-corrected chi connectivity index (χ3v) is 1.89. The van der Waals surface area contributed by atoms with Crippen LogP contribution in [-0.4, -0.2) is 49.3 Å². The minimum atomic E-state index is -0.630. The second-order valence-corrected chi connectivity index (χ2v) is 3.34. The van der Waals surface area contributed by atoms with Gasteiger partial charge in [-0.25, -0.2) is 0 Å². The molecule has 0 spiro atoms. The highest BCUT2D eigenvalue weighted by Gasteiger charge is 2.25. The van der Waals surface area contributed by atoms with Crippen molar-refractivity contribution in [3.8, 4) is 0 Å². The van der Waals surface area contributed by atoms with Crippen molar-refractivity contribution < 1.29 is 19.4 Å². The van der Waals surface area contributed by atoms with Gasteiger partial charge < -0.3 is 20.5 Å². The smallest absolute Gasteiger partial charge is 0.309 e. The third kappa shape index (κ3) is 5.34. The zero-order valence-corrected chi connectivity index (χ0v) is 8.49. The Hall–Kier alpha value is -1.14. The number of ether oxygens (including phenoxy) is 1. The SMILES string of the molecule is O=C(NCCOCCO)C(=O)NC1CC1. The van der Waals surface area contributed by atoms with Crippen molar-refractivity contribution >= 4 is 11.8 Å². The summed E-state index contributed by atoms with van der Waals surface area (Å²) in [5.41, 5.74) is 0. The van der Waals surface area contributed by atoms with Gasteiger partial charge in [0.2, 0.25) is 0 Å². The summed E-state index contributed by atoms with van der Waals surface area (Å²) in [6.07, 6.45) is 1.91. The largest absolute Gasteiger partial charge is 0.394 e. The molecule has 6 nitrogen and oxygen atoms in total. The number of carbonyl (C=O) groups is 2. The molecule has 1 aliphatic carbocycles. The van der Waals surface area contributed by atoms with Crippen molar-refractivity contribution in [2.24, 2.45) is 0 Å². The molecule has 0 aromatic carbocycles. The van der Waals surface area contributed by atoms with Gasteiger partial charge in [-0.3, -0.25) is 9.59 Å². The maximum Gasteiger partial charge on any atom is 0.309 e. The lowest BCUT2D eigenvalue weighted by molar-refractivity contribution is -0.139. The van der Waals surface area contributed by atoms with Crippen LogP contribution in [0.25, 0.3) is 0 Å². The van der Waals surface area contributed by atoms with E-state index in [0.717, 1.165) is 12.8 Å². The quantitative estimate of drug-likeness (QED) is 0.368. The zero-order chi connectivity index (χ0) is 11.1. The molecule has 1 fully saturated rings. The Balaban J connectivity index is 1.99. The highest BCUT2D eigenvalue weighted by Crippen LogP contribution is 2.18. The summed E-state index contributed by atoms with van der Waals surface area (Å²) in [6, 6.07) is 0.189. The average molecular weight is 216 g/mol. The minimum absolute atomic E-state index is 0.0455. The fraction of sp³-hybridized carbons (Fsp3) is 0.778. The van der Waals surface area contributed by atoms with Gasteiger partial charge in [-0.15, -0.1) is 0 Å². The summed E-state index contributed by atoms with van der Waals surface area (Å²) in [4.78, 5) is 22.2. The van der Waals surface area contributed by atoms with E-state index in [1.807, 2.05) is 0 Å². The number of amides is 2. The predicted octanol–water partition coefficient (Wildman–Crippen LogP) is -1.61. The summed E-state index contributed by atoms with van der Waals surface area (Å²) < 4.78 is 4.91. The molecule has 15 heavy (non-hydrogen) atoms. The van der Waals surface area contributed by atoms with Gasteiger partial charge in [-0.05, 0) is 12.8 Å². The van der Waals surface area contributed by atoms with E-state index in [1.54, 1.807) is 0 Å². The number of rotatable bonds is 6. The van der Waals surface area contributed by atoms with Gasteiger partial charge in [0, 0.05) is 12.6 Å². The second-order valence-electron chi connectivity index (χ2n) is 3.34. The van der Waals surface area contributed by atoms with E-state index in [-0.39, 0.29) is 25.8 Å². The van der Waals surface area contributed by atoms with Crippen molar-refractivity contribution in [3.63, 3.8) is 0 Å². The maximum atomic E-state index is 11.1. The van der Waals surface area contributed by atoms with Crippen LogP contribution >= 0.6 is 0 Å². The number of hydrogen-bond acceptors (Lipinski definition) is 4. The van der Waals surface area contributed by atoms with Gasteiger partial charge in [-0.2, -0.15) is 0 Å². The molecule has 0 aliphatic heterocycles. The summed E-state index contributed by atoms with van der Waals surface area (Å²) in [5, 5.41) is 13.4. The van der Waals surface area contributed by atoms with Gasteiger partial charge in [0.1, 0.15) is 0 Å². The normalized spacial score (nSPS) is 14.7. The van der Waals surface area contributed by atoms with Crippen LogP contribution in [0.5, 0.6) is 0 Å². The molecule has 0 unspecified atom stereocenters. The van der Waals surface area contributed by atoms with Crippen molar-refractivity contribution in [1.82, 2.24) is 10.6 Å². The van der Waals surface area contributed by atoms with E-state index in [9.17, 15) is 9.59 Å². The zero-order valence-electron chi connectivity index (χ0n) is 8.49. The molecule has 0 saturated heterocycles. The Kier molecular flexibility index (Phi) is 5.06. The van der Waals surface area contributed by atoms with Crippen LogP contribution in [0.4, 0.5) is 0 Å². The van der Waals surface area contributed by atoms with Crippen LogP contribution in [0.2, 0.25) is 0 Å². The fourth-order valence-electron chi connectivity index (χ4n) is 0.962. The molecular formula is C9H16N2O4. The van der Waals surface area contributed by atoms with Crippen LogP contribution in [0.1, 0.15) is 12.8 Å². The molecule has 0 radical (unpaired) electrons. The topological polar surface area (TPSA) is 87.7 Å². The van der Waals surface area contributed by atoms with E-state index in [0.29, 0.717) is 6.61 Å². The molecule has 1 aliphatic rings. The number of aliphatic hydroxyl groups excluding tert-OH is 1. The number of aliphatic hydroxyl groups is 1. The first-order valence-corrected chi connectivity index (χ1v) is 5.01. The first-order valence-electron chi connectivity index (χ1n) is 5.01. The summed E-state index contributed by atoms with van der Waals surface area (Å²) in [5.74, 6) is -1.21. The second kappa shape index (κ2) is 6.36. The Morgan fingerprint density at radius 1 is 1.27 bits per heavy atom. The van der Waals surface area contributed by atoms with Gasteiger partial charge in [0.15, 0.2) is 0 Å². The third-order valence-electron chi connectivity index (χ3n) is 1.89. The predicted molar refractivity (Wildman–Crippen MR) is 52.1 cm³/mol. The number of hydrogen-bond donors (Lipinski definition) is 3. The van der Waals surface area contributed by atoms with Crippen molar-refractivity contribution in [2.45, 2.75) is 18.9 Å². The van der Waals surface area contributed by atoms with Crippen LogP contribution in [0.15, 0.2) is 0 Å². The Morgan fingerprint density at radius 2 is 2.00 bits per heavy atom. The minimum Gasteiger partial charge on any atom is -0.394 e. The number of carbonyl (C=O) groups excluding carboxylic acids is 2. The van der Waals surface area contributed by atoms with Crippen molar-refractivity contribution in [1.29, 1.82) is 0 Å². The van der Waals surface area contributed by atoms with Crippen LogP contribution in [0.3, 0.4) is 0 Å². The first-order chi connectivity index (χ1) is 7.24. The van der Waals surface area contributed by atoms with Crippen LogP contribution < -0.4 is 10.6 Å². The molecule has 1 saturated carbocycles. The number of nitrogens with one attached hydrogen (secondary N) is 2. The van der Waals surface area contributed by atoms with Crippen LogP contribution in [-0.2, 0) is 14.3 Å². The molecule has 86 valence electrons. The monoisotopic (exact) mass is 216 g/mol. The molecule has 2 amide bonds. The lowest BCUT2D eigenvalue weighted by atomic mass is 10.5. The van der Waals surface area contributed by atoms with E-state index >= 15 is 0 Å². The van der Waals surface area contributed by atoms with Gasteiger partial charge in [-0.1, -0.05) is 0 Å². The molecule has 1 rings (SSSR count). The van der Waals surface area contributed by atoms with Gasteiger partial charge in [0.05, 0.1) is 19.8 Å². The summed E-state index contributed by atoms with van der Waals surface area (Å²) >= 11 is 0. The molecule has 0 aromatic heterocycles. The summed E-state index contributed by atoms with van der Waals surface area (Å²) in [6.45, 7) is 0.764. The highest BCUT2D eigenvalue weighted by molar-refractivity contribution is 6.35. The molecule has 0 heterocycles. The first kappa shape index (κ1) is 11.9. The average Bonchev–Trinajstić information content (AvgIpc) is 3.01. The van der Waals surface area contributed by atoms with E-state index in [2.05, 4.69) is 10.6 Å². The van der Waals surface area contributed by atoms with E-state index in [1.165, 1.54) is 0 Å². The maximum absolute atomic E-state index is 11.1. The molecule has 0 atom stereocenters. The molecule has 6 heteroatoms. The Labute approximate surface area is 88.0 Å².